The van der Waals surface area contributed by atoms with E-state index in [1.165, 1.54) is 0 Å². The van der Waals surface area contributed by atoms with Gasteiger partial charge in [0.25, 0.3) is 0 Å². The molecule has 0 bridgehead atoms. The number of rotatable bonds is 3. The maximum Gasteiger partial charge on any atom is 0.329 e. The van der Waals surface area contributed by atoms with Crippen LogP contribution in [0.2, 0.25) is 5.15 Å². The van der Waals surface area contributed by atoms with Crippen LogP contribution in [-0.2, 0) is 0 Å². The van der Waals surface area contributed by atoms with Crippen molar-refractivity contribution in [1.29, 1.82) is 0 Å². The van der Waals surface area contributed by atoms with E-state index in [4.69, 9.17) is 11.6 Å². The minimum atomic E-state index is -1.38. The number of aromatic nitrogens is 2. The van der Waals surface area contributed by atoms with E-state index in [0.29, 0.717) is 16.8 Å². The van der Waals surface area contributed by atoms with Crippen LogP contribution in [0, 0.1) is 27.6 Å². The topological polar surface area (TPSA) is 61.0 Å². The van der Waals surface area contributed by atoms with Gasteiger partial charge >= 0.3 is 5.69 Å². The van der Waals surface area contributed by atoms with E-state index >= 15 is 0 Å². The summed E-state index contributed by atoms with van der Waals surface area (Å²) >= 11 is 5.84. The van der Waals surface area contributed by atoms with E-state index in [2.05, 4.69) is 5.10 Å². The van der Waals surface area contributed by atoms with Gasteiger partial charge in [-0.25, -0.2) is 17.9 Å². The maximum absolute atomic E-state index is 13.7. The molecule has 0 aliphatic heterocycles. The average molecular weight is 320 g/mol. The second kappa shape index (κ2) is 5.36. The average Bonchev–Trinajstić information content (AvgIpc) is 2.72. The van der Waals surface area contributed by atoms with E-state index in [-0.39, 0.29) is 11.6 Å². The van der Waals surface area contributed by atoms with Gasteiger partial charge in [0.1, 0.15) is 11.4 Å². The third kappa shape index (κ3) is 2.58. The zero-order valence-electron chi connectivity index (χ0n) is 10.9. The summed E-state index contributed by atoms with van der Waals surface area (Å²) in [7, 11) is 0. The molecule has 0 N–H and O–H groups in total. The first-order chi connectivity index (χ1) is 9.73. The summed E-state index contributed by atoms with van der Waals surface area (Å²) in [5, 5.41) is 14.4. The molecule has 0 fully saturated rings. The Hall–Kier alpha value is -2.09. The maximum atomic E-state index is 13.7. The van der Waals surface area contributed by atoms with Gasteiger partial charge in [-0.3, -0.25) is 10.1 Å². The minimum Gasteiger partial charge on any atom is -0.258 e. The minimum absolute atomic E-state index is 0.0223. The van der Waals surface area contributed by atoms with Gasteiger partial charge in [-0.15, -0.1) is 0 Å². The lowest BCUT2D eigenvalue weighted by atomic mass is 10.1. The van der Waals surface area contributed by atoms with Crippen molar-refractivity contribution in [2.45, 2.75) is 19.8 Å². The molecule has 0 saturated carbocycles. The number of hydrogen-bond acceptors (Lipinski definition) is 3. The molecule has 0 amide bonds. The van der Waals surface area contributed by atoms with E-state index < -0.39 is 38.9 Å². The highest BCUT2D eigenvalue weighted by molar-refractivity contribution is 6.32. The van der Waals surface area contributed by atoms with Crippen LogP contribution in [0.25, 0.3) is 5.69 Å². The van der Waals surface area contributed by atoms with Crippen LogP contribution in [-0.4, -0.2) is 14.7 Å². The Bertz CT molecular complexity index is 731. The first-order valence-corrected chi connectivity index (χ1v) is 6.19. The first kappa shape index (κ1) is 15.3. The number of nitro groups is 1. The quantitative estimate of drug-likeness (QED) is 0.488. The Morgan fingerprint density at radius 1 is 1.24 bits per heavy atom. The molecule has 5 nitrogen and oxygen atoms in total. The molecule has 0 saturated heterocycles. The van der Waals surface area contributed by atoms with E-state index in [1.54, 1.807) is 13.8 Å². The predicted octanol–water partition coefficient (Wildman–Crippen LogP) is 3.97. The van der Waals surface area contributed by atoms with Crippen molar-refractivity contribution in [3.8, 4) is 5.69 Å². The fourth-order valence-corrected chi connectivity index (χ4v) is 2.09. The van der Waals surface area contributed by atoms with Gasteiger partial charge in [-0.05, 0) is 0 Å². The van der Waals surface area contributed by atoms with Crippen molar-refractivity contribution in [1.82, 2.24) is 9.78 Å². The molecule has 0 unspecified atom stereocenters. The van der Waals surface area contributed by atoms with Gasteiger partial charge in [0, 0.05) is 18.1 Å². The van der Waals surface area contributed by atoms with Crippen LogP contribution in [0.15, 0.2) is 12.1 Å². The number of benzene rings is 1. The second-order valence-corrected chi connectivity index (χ2v) is 4.92. The van der Waals surface area contributed by atoms with Crippen LogP contribution in [0.5, 0.6) is 0 Å². The molecular formula is C12H9ClF3N3O2. The standard InChI is InChI=1S/C12H9ClF3N3O2/c1-5(2)10-11(19(20)21)12(13)18(17-10)9-4-7(15)6(14)3-8(9)16/h3-5H,1-2H3. The molecule has 2 rings (SSSR count). The largest absolute Gasteiger partial charge is 0.329 e. The molecule has 2 aromatic rings. The van der Waals surface area contributed by atoms with E-state index in [0.717, 1.165) is 0 Å². The monoisotopic (exact) mass is 319 g/mol. The van der Waals surface area contributed by atoms with Gasteiger partial charge in [-0.2, -0.15) is 5.10 Å². The van der Waals surface area contributed by atoms with Crippen molar-refractivity contribution in [2.75, 3.05) is 0 Å². The third-order valence-electron chi connectivity index (χ3n) is 2.78. The van der Waals surface area contributed by atoms with Crippen molar-refractivity contribution < 1.29 is 18.1 Å². The second-order valence-electron chi connectivity index (χ2n) is 4.57. The van der Waals surface area contributed by atoms with Crippen LogP contribution in [0.1, 0.15) is 25.5 Å². The van der Waals surface area contributed by atoms with E-state index in [9.17, 15) is 23.3 Å². The highest BCUT2D eigenvalue weighted by Crippen LogP contribution is 2.35. The molecule has 0 aliphatic rings. The first-order valence-electron chi connectivity index (χ1n) is 5.81. The van der Waals surface area contributed by atoms with Crippen molar-refractivity contribution in [3.05, 3.63) is 50.5 Å². The van der Waals surface area contributed by atoms with Gasteiger partial charge in [0.05, 0.1) is 4.92 Å². The molecule has 1 aromatic heterocycles. The zero-order chi connectivity index (χ0) is 15.9. The van der Waals surface area contributed by atoms with Crippen LogP contribution in [0.3, 0.4) is 0 Å². The molecule has 21 heavy (non-hydrogen) atoms. The third-order valence-corrected chi connectivity index (χ3v) is 3.12. The fourth-order valence-electron chi connectivity index (χ4n) is 1.80. The zero-order valence-corrected chi connectivity index (χ0v) is 11.7. The normalized spacial score (nSPS) is 11.2. The van der Waals surface area contributed by atoms with Gasteiger partial charge in [0.15, 0.2) is 17.5 Å². The van der Waals surface area contributed by atoms with Gasteiger partial charge < -0.3 is 0 Å². The summed E-state index contributed by atoms with van der Waals surface area (Å²) in [6.07, 6.45) is 0. The Balaban J connectivity index is 2.74. The van der Waals surface area contributed by atoms with Crippen molar-refractivity contribution in [3.63, 3.8) is 0 Å². The molecule has 1 aromatic carbocycles. The smallest absolute Gasteiger partial charge is 0.258 e. The molecule has 0 atom stereocenters. The lowest BCUT2D eigenvalue weighted by molar-refractivity contribution is -0.385. The lowest BCUT2D eigenvalue weighted by Gasteiger charge is -2.05. The SMILES string of the molecule is CC(C)c1nn(-c2cc(F)c(F)cc2F)c(Cl)c1[N+](=O)[O-]. The highest BCUT2D eigenvalue weighted by atomic mass is 35.5. The summed E-state index contributed by atoms with van der Waals surface area (Å²) < 4.78 is 40.6. The highest BCUT2D eigenvalue weighted by Gasteiger charge is 2.30. The Morgan fingerprint density at radius 2 is 1.81 bits per heavy atom. The summed E-state index contributed by atoms with van der Waals surface area (Å²) in [5.41, 5.74) is -0.973. The summed E-state index contributed by atoms with van der Waals surface area (Å²) in [5.74, 6) is -4.19. The molecule has 0 spiro atoms. The van der Waals surface area contributed by atoms with Gasteiger partial charge in [0.2, 0.25) is 5.15 Å². The van der Waals surface area contributed by atoms with Crippen molar-refractivity contribution in [2.24, 2.45) is 0 Å². The fraction of sp³-hybridized carbons (Fsp3) is 0.250. The molecule has 0 radical (unpaired) electrons. The summed E-state index contributed by atoms with van der Waals surface area (Å²) in [4.78, 5) is 10.3. The Labute approximate surface area is 122 Å². The predicted molar refractivity (Wildman–Crippen MR) is 69.2 cm³/mol. The molecular weight excluding hydrogens is 311 g/mol. The summed E-state index contributed by atoms with van der Waals surface area (Å²) in [6.45, 7) is 3.27. The summed E-state index contributed by atoms with van der Waals surface area (Å²) in [6, 6.07) is 0.862. The van der Waals surface area contributed by atoms with Crippen LogP contribution in [0.4, 0.5) is 18.9 Å². The van der Waals surface area contributed by atoms with Gasteiger partial charge in [-0.1, -0.05) is 25.4 Å². The van der Waals surface area contributed by atoms with Crippen LogP contribution < -0.4 is 0 Å². The number of halogens is 4. The molecule has 1 heterocycles. The molecule has 9 heteroatoms. The Morgan fingerprint density at radius 3 is 2.29 bits per heavy atom. The van der Waals surface area contributed by atoms with E-state index in [1.807, 2.05) is 0 Å². The number of hydrogen-bond donors (Lipinski definition) is 0. The van der Waals surface area contributed by atoms with Crippen LogP contribution >= 0.6 is 11.6 Å². The Kier molecular flexibility index (Phi) is 3.91. The molecule has 112 valence electrons. The van der Waals surface area contributed by atoms with Crippen molar-refractivity contribution >= 4 is 17.3 Å². The lowest BCUT2D eigenvalue weighted by Crippen LogP contribution is -2.03. The molecule has 0 aliphatic carbocycles. The number of nitrogens with zero attached hydrogens (tertiary/aromatic N) is 3.